The molecule has 15 heteroatoms. The zero-order valence-corrected chi connectivity index (χ0v) is 21.1. The molecule has 4 atom stereocenters. The third-order valence-corrected chi connectivity index (χ3v) is 5.55. The van der Waals surface area contributed by atoms with Gasteiger partial charge < -0.3 is 41.9 Å². The maximum absolute atomic E-state index is 13.2. The van der Waals surface area contributed by atoms with Gasteiger partial charge in [-0.1, -0.05) is 13.8 Å². The number of carboxylic acid groups (broad SMARTS) is 2. The number of nitrogens with zero attached hydrogens (tertiary/aromatic N) is 2. The number of nitrogens with two attached hydrogens (primary N) is 1. The third-order valence-electron chi connectivity index (χ3n) is 5.55. The standard InChI is InChI=1S/C23H34N8O7/c1-12(2)5-15(24)20(34)30-17(6-13-8-25-10-27-13)22(36)29-16(3-4-19(32)33)21(35)31-18(23(37)38)7-14-9-26-11-28-14/h8-12,15-18H,3-7,24H2,1-2H3,(H,25,27)(H,26,28)(H,29,36)(H,30,34)(H,31,35)(H,32,33)(H,37,38). The molecule has 0 aromatic carbocycles. The zero-order chi connectivity index (χ0) is 28.2. The van der Waals surface area contributed by atoms with Gasteiger partial charge in [0, 0.05) is 43.0 Å². The Balaban J connectivity index is 2.19. The molecule has 9 N–H and O–H groups in total. The molecule has 0 aliphatic heterocycles. The van der Waals surface area contributed by atoms with Crippen molar-refractivity contribution in [1.82, 2.24) is 35.9 Å². The summed E-state index contributed by atoms with van der Waals surface area (Å²) in [7, 11) is 0. The minimum absolute atomic E-state index is 0.0170. The molecule has 0 aliphatic carbocycles. The van der Waals surface area contributed by atoms with Crippen molar-refractivity contribution >= 4 is 29.7 Å². The van der Waals surface area contributed by atoms with E-state index in [-0.39, 0.29) is 25.2 Å². The summed E-state index contributed by atoms with van der Waals surface area (Å²) < 4.78 is 0. The van der Waals surface area contributed by atoms with Crippen molar-refractivity contribution in [1.29, 1.82) is 0 Å². The number of imidazole rings is 2. The van der Waals surface area contributed by atoms with Gasteiger partial charge in [0.2, 0.25) is 17.7 Å². The summed E-state index contributed by atoms with van der Waals surface area (Å²) in [6.45, 7) is 3.79. The van der Waals surface area contributed by atoms with Crippen molar-refractivity contribution in [3.8, 4) is 0 Å². The highest BCUT2D eigenvalue weighted by Gasteiger charge is 2.31. The number of nitrogens with one attached hydrogen (secondary N) is 5. The Labute approximate surface area is 218 Å². The van der Waals surface area contributed by atoms with Crippen LogP contribution in [0.4, 0.5) is 0 Å². The second-order valence-corrected chi connectivity index (χ2v) is 9.25. The Kier molecular flexibility index (Phi) is 11.4. The Bertz CT molecular complexity index is 1070. The van der Waals surface area contributed by atoms with E-state index in [4.69, 9.17) is 10.8 Å². The van der Waals surface area contributed by atoms with Gasteiger partial charge >= 0.3 is 11.9 Å². The molecule has 0 aliphatic rings. The number of carbonyl (C=O) groups excluding carboxylic acids is 3. The predicted molar refractivity (Wildman–Crippen MR) is 132 cm³/mol. The average Bonchev–Trinajstić information content (AvgIpc) is 3.54. The van der Waals surface area contributed by atoms with Crippen LogP contribution in [-0.4, -0.2) is 84.0 Å². The highest BCUT2D eigenvalue weighted by atomic mass is 16.4. The number of hydrogen-bond donors (Lipinski definition) is 8. The smallest absolute Gasteiger partial charge is 0.326 e. The van der Waals surface area contributed by atoms with E-state index in [1.165, 1.54) is 25.0 Å². The van der Waals surface area contributed by atoms with Crippen LogP contribution >= 0.6 is 0 Å². The maximum atomic E-state index is 13.2. The van der Waals surface area contributed by atoms with Crippen LogP contribution in [0.1, 0.15) is 44.5 Å². The van der Waals surface area contributed by atoms with Gasteiger partial charge in [-0.2, -0.15) is 0 Å². The molecule has 2 rings (SSSR count). The van der Waals surface area contributed by atoms with Crippen LogP contribution in [0.5, 0.6) is 0 Å². The van der Waals surface area contributed by atoms with Crippen LogP contribution in [-0.2, 0) is 36.8 Å². The molecular weight excluding hydrogens is 500 g/mol. The lowest BCUT2D eigenvalue weighted by Gasteiger charge is -2.25. The van der Waals surface area contributed by atoms with Gasteiger partial charge in [-0.25, -0.2) is 14.8 Å². The lowest BCUT2D eigenvalue weighted by molar-refractivity contribution is -0.143. The number of aliphatic carboxylic acids is 2. The SMILES string of the molecule is CC(C)CC(N)C(=O)NC(Cc1cnc[nH]1)C(=O)NC(CCC(=O)O)C(=O)NC(Cc1cnc[nH]1)C(=O)O. The van der Waals surface area contributed by atoms with Crippen LogP contribution in [0.3, 0.4) is 0 Å². The molecule has 2 aromatic rings. The molecule has 0 radical (unpaired) electrons. The number of carbonyl (C=O) groups is 5. The second kappa shape index (κ2) is 14.5. The average molecular weight is 535 g/mol. The topological polar surface area (TPSA) is 245 Å². The lowest BCUT2D eigenvalue weighted by atomic mass is 10.0. The van der Waals surface area contributed by atoms with Crippen LogP contribution in [0.25, 0.3) is 0 Å². The van der Waals surface area contributed by atoms with E-state index in [2.05, 4.69) is 35.9 Å². The van der Waals surface area contributed by atoms with E-state index < -0.39 is 60.2 Å². The second-order valence-electron chi connectivity index (χ2n) is 9.25. The third kappa shape index (κ3) is 10.0. The molecule has 0 saturated carbocycles. The highest BCUT2D eigenvalue weighted by molar-refractivity contribution is 5.94. The van der Waals surface area contributed by atoms with E-state index in [1.54, 1.807) is 0 Å². The predicted octanol–water partition coefficient (Wildman–Crippen LogP) is -1.30. The number of H-pyrrole nitrogens is 2. The van der Waals surface area contributed by atoms with Crippen LogP contribution in [0.15, 0.2) is 25.0 Å². The fraction of sp³-hybridized carbons (Fsp3) is 0.522. The molecule has 15 nitrogen and oxygen atoms in total. The first-order chi connectivity index (χ1) is 18.0. The minimum Gasteiger partial charge on any atom is -0.481 e. The number of rotatable bonds is 16. The zero-order valence-electron chi connectivity index (χ0n) is 21.1. The number of hydrogen-bond acceptors (Lipinski definition) is 8. The normalized spacial score (nSPS) is 14.2. The molecule has 38 heavy (non-hydrogen) atoms. The first-order valence-corrected chi connectivity index (χ1v) is 12.0. The van der Waals surface area contributed by atoms with E-state index in [0.717, 1.165) is 0 Å². The van der Waals surface area contributed by atoms with Gasteiger partial charge in [-0.05, 0) is 18.8 Å². The molecule has 208 valence electrons. The van der Waals surface area contributed by atoms with Crippen molar-refractivity contribution in [2.24, 2.45) is 11.7 Å². The summed E-state index contributed by atoms with van der Waals surface area (Å²) in [5.74, 6) is -4.67. The Hall–Kier alpha value is -4.27. The number of amides is 3. The van der Waals surface area contributed by atoms with Crippen molar-refractivity contribution in [2.45, 2.75) is 70.1 Å². The summed E-state index contributed by atoms with van der Waals surface area (Å²) in [5.41, 5.74) is 6.92. The van der Waals surface area contributed by atoms with Crippen molar-refractivity contribution < 1.29 is 34.2 Å². The minimum atomic E-state index is -1.40. The fourth-order valence-electron chi connectivity index (χ4n) is 3.62. The molecule has 2 aromatic heterocycles. The molecule has 2 heterocycles. The summed E-state index contributed by atoms with van der Waals surface area (Å²) in [5, 5.41) is 26.0. The Morgan fingerprint density at radius 2 is 1.34 bits per heavy atom. The molecule has 0 bridgehead atoms. The van der Waals surface area contributed by atoms with Gasteiger partial charge in [0.25, 0.3) is 0 Å². The molecule has 0 fully saturated rings. The quantitative estimate of drug-likeness (QED) is 0.126. The van der Waals surface area contributed by atoms with Crippen LogP contribution in [0.2, 0.25) is 0 Å². The Morgan fingerprint density at radius 1 is 0.842 bits per heavy atom. The van der Waals surface area contributed by atoms with E-state index in [9.17, 15) is 29.1 Å². The molecule has 3 amide bonds. The van der Waals surface area contributed by atoms with Crippen molar-refractivity contribution in [3.05, 3.63) is 36.4 Å². The van der Waals surface area contributed by atoms with Gasteiger partial charge in [0.05, 0.1) is 18.7 Å². The van der Waals surface area contributed by atoms with E-state index in [1.807, 2.05) is 13.8 Å². The molecule has 0 saturated heterocycles. The maximum Gasteiger partial charge on any atom is 0.326 e. The van der Waals surface area contributed by atoms with Gasteiger partial charge in [0.1, 0.15) is 18.1 Å². The number of aromatic nitrogens is 4. The van der Waals surface area contributed by atoms with Crippen molar-refractivity contribution in [3.63, 3.8) is 0 Å². The largest absolute Gasteiger partial charge is 0.481 e. The highest BCUT2D eigenvalue weighted by Crippen LogP contribution is 2.07. The number of aromatic amines is 2. The monoisotopic (exact) mass is 534 g/mol. The van der Waals surface area contributed by atoms with Gasteiger partial charge in [-0.3, -0.25) is 19.2 Å². The van der Waals surface area contributed by atoms with Crippen molar-refractivity contribution in [2.75, 3.05) is 0 Å². The lowest BCUT2D eigenvalue weighted by Crippen LogP contribution is -2.58. The first kappa shape index (κ1) is 30.0. The van der Waals surface area contributed by atoms with Gasteiger partial charge in [-0.15, -0.1) is 0 Å². The first-order valence-electron chi connectivity index (χ1n) is 12.0. The Morgan fingerprint density at radius 3 is 1.82 bits per heavy atom. The summed E-state index contributed by atoms with van der Waals surface area (Å²) in [4.78, 5) is 75.0. The van der Waals surface area contributed by atoms with E-state index in [0.29, 0.717) is 17.8 Å². The summed E-state index contributed by atoms with van der Waals surface area (Å²) in [6, 6.07) is -4.83. The fourth-order valence-corrected chi connectivity index (χ4v) is 3.62. The molecule has 4 unspecified atom stereocenters. The van der Waals surface area contributed by atoms with Gasteiger partial charge in [0.15, 0.2) is 0 Å². The van der Waals surface area contributed by atoms with E-state index >= 15 is 0 Å². The molecular formula is C23H34N8O7. The number of carboxylic acids is 2. The summed E-state index contributed by atoms with van der Waals surface area (Å²) in [6.07, 6.45) is 5.05. The van der Waals surface area contributed by atoms with Crippen LogP contribution < -0.4 is 21.7 Å². The van der Waals surface area contributed by atoms with Crippen LogP contribution in [0, 0.1) is 5.92 Å². The summed E-state index contributed by atoms with van der Waals surface area (Å²) >= 11 is 0. The molecule has 0 spiro atoms.